The summed E-state index contributed by atoms with van der Waals surface area (Å²) in [5.41, 5.74) is 0.0178. The van der Waals surface area contributed by atoms with E-state index in [2.05, 4.69) is 4.98 Å². The average molecular weight is 399 g/mol. The second-order valence-electron chi connectivity index (χ2n) is 5.58. The highest BCUT2D eigenvalue weighted by Gasteiger charge is 2.20. The predicted octanol–water partition coefficient (Wildman–Crippen LogP) is 4.73. The number of aromatic nitrogens is 1. The Morgan fingerprint density at radius 1 is 1.19 bits per heavy atom. The molecule has 2 heterocycles. The van der Waals surface area contributed by atoms with Crippen molar-refractivity contribution in [3.05, 3.63) is 73.9 Å². The van der Waals surface area contributed by atoms with Crippen LogP contribution in [0.5, 0.6) is 0 Å². The fraction of sp³-hybridized carbons (Fsp3) is 0.105. The normalized spacial score (nSPS) is 10.4. The minimum atomic E-state index is -0.654. The van der Waals surface area contributed by atoms with Crippen LogP contribution in [0.1, 0.15) is 22.3 Å². The highest BCUT2D eigenvalue weighted by atomic mass is 32.2. The van der Waals surface area contributed by atoms with Crippen LogP contribution >= 0.6 is 23.1 Å². The van der Waals surface area contributed by atoms with Gasteiger partial charge in [0.05, 0.1) is 10.6 Å². The average Bonchev–Trinajstić information content (AvgIpc) is 3.17. The van der Waals surface area contributed by atoms with E-state index in [1.54, 1.807) is 17.5 Å². The number of rotatable bonds is 4. The number of nitriles is 2. The van der Waals surface area contributed by atoms with Gasteiger partial charge in [-0.2, -0.15) is 10.5 Å². The summed E-state index contributed by atoms with van der Waals surface area (Å²) >= 11 is 2.39. The van der Waals surface area contributed by atoms with Crippen LogP contribution in [-0.4, -0.2) is 4.98 Å². The molecule has 1 aromatic carbocycles. The maximum atomic E-state index is 13.7. The Hall–Kier alpha value is -2.94. The van der Waals surface area contributed by atoms with E-state index < -0.39 is 17.2 Å². The molecule has 0 spiro atoms. The molecule has 27 heavy (non-hydrogen) atoms. The number of thioether (sulfide) groups is 1. The van der Waals surface area contributed by atoms with Crippen LogP contribution in [0, 0.1) is 41.2 Å². The zero-order chi connectivity index (χ0) is 19.6. The van der Waals surface area contributed by atoms with E-state index in [1.165, 1.54) is 30.4 Å². The molecule has 0 fully saturated rings. The largest absolute Gasteiger partial charge is 0.315 e. The minimum Gasteiger partial charge on any atom is -0.315 e. The number of thiophene rings is 1. The number of pyridine rings is 1. The number of benzene rings is 1. The van der Waals surface area contributed by atoms with Gasteiger partial charge < -0.3 is 4.98 Å². The lowest BCUT2D eigenvalue weighted by molar-refractivity contribution is 0.566. The first kappa shape index (κ1) is 18.8. The van der Waals surface area contributed by atoms with E-state index in [4.69, 9.17) is 0 Å². The van der Waals surface area contributed by atoms with Gasteiger partial charge in [-0.3, -0.25) is 4.79 Å². The quantitative estimate of drug-likeness (QED) is 0.644. The molecule has 0 amide bonds. The zero-order valence-electron chi connectivity index (χ0n) is 14.0. The number of nitrogens with zero attached hydrogens (tertiary/aromatic N) is 2. The van der Waals surface area contributed by atoms with Gasteiger partial charge in [0.2, 0.25) is 0 Å². The van der Waals surface area contributed by atoms with Crippen molar-refractivity contribution in [1.82, 2.24) is 4.98 Å². The maximum Gasteiger partial charge on any atom is 0.267 e. The third-order valence-corrected chi connectivity index (χ3v) is 5.86. The molecule has 3 aromatic rings. The highest BCUT2D eigenvalue weighted by Crippen LogP contribution is 2.34. The van der Waals surface area contributed by atoms with Crippen molar-refractivity contribution in [2.45, 2.75) is 17.7 Å². The van der Waals surface area contributed by atoms with Crippen LogP contribution < -0.4 is 5.56 Å². The molecule has 1 N–H and O–H groups in total. The number of hydrogen-bond acceptors (Lipinski definition) is 5. The van der Waals surface area contributed by atoms with Gasteiger partial charge in [-0.05, 0) is 36.1 Å². The number of hydrogen-bond donors (Lipinski definition) is 1. The molecule has 0 bridgehead atoms. The van der Waals surface area contributed by atoms with E-state index >= 15 is 0 Å². The van der Waals surface area contributed by atoms with E-state index in [0.717, 1.165) is 11.8 Å². The third-order valence-electron chi connectivity index (χ3n) is 3.90. The molecule has 0 saturated heterocycles. The molecule has 134 valence electrons. The molecule has 0 atom stereocenters. The lowest BCUT2D eigenvalue weighted by Gasteiger charge is -2.10. The molecule has 3 rings (SSSR count). The first-order chi connectivity index (χ1) is 13.0. The monoisotopic (exact) mass is 399 g/mol. The molecular weight excluding hydrogens is 388 g/mol. The van der Waals surface area contributed by atoms with E-state index in [-0.39, 0.29) is 33.0 Å². The lowest BCUT2D eigenvalue weighted by Crippen LogP contribution is -2.14. The minimum absolute atomic E-state index is 0.0618. The fourth-order valence-corrected chi connectivity index (χ4v) is 4.22. The van der Waals surface area contributed by atoms with Gasteiger partial charge in [0.25, 0.3) is 5.56 Å². The summed E-state index contributed by atoms with van der Waals surface area (Å²) in [6.07, 6.45) is 0. The van der Waals surface area contributed by atoms with Crippen molar-refractivity contribution in [2.75, 3.05) is 0 Å². The Bertz CT molecular complexity index is 1130. The molecular formula is C19H11F2N3OS2. The smallest absolute Gasteiger partial charge is 0.267 e. The van der Waals surface area contributed by atoms with Gasteiger partial charge in [0.1, 0.15) is 29.3 Å². The van der Waals surface area contributed by atoms with Crippen molar-refractivity contribution in [3.63, 3.8) is 0 Å². The SMILES string of the molecule is Cc1c(F)cc(CSc2[nH]c(=O)c(C#N)c(-c3cccs3)c2C#N)cc1F. The summed E-state index contributed by atoms with van der Waals surface area (Å²) in [5.74, 6) is -1.16. The van der Waals surface area contributed by atoms with Gasteiger partial charge in [0.15, 0.2) is 0 Å². The number of nitrogens with one attached hydrogen (secondary N) is 1. The fourth-order valence-electron chi connectivity index (χ4n) is 2.51. The van der Waals surface area contributed by atoms with Crippen LogP contribution in [0.2, 0.25) is 0 Å². The molecule has 0 aliphatic heterocycles. The molecule has 0 unspecified atom stereocenters. The first-order valence-corrected chi connectivity index (χ1v) is 9.54. The number of aromatic amines is 1. The zero-order valence-corrected chi connectivity index (χ0v) is 15.6. The molecule has 8 heteroatoms. The Balaban J connectivity index is 2.06. The van der Waals surface area contributed by atoms with Crippen molar-refractivity contribution < 1.29 is 8.78 Å². The Kier molecular flexibility index (Phi) is 5.41. The molecule has 0 radical (unpaired) electrons. The number of halogens is 2. The van der Waals surface area contributed by atoms with Gasteiger partial charge in [0, 0.05) is 21.8 Å². The van der Waals surface area contributed by atoms with Gasteiger partial charge in [-0.15, -0.1) is 23.1 Å². The topological polar surface area (TPSA) is 80.4 Å². The van der Waals surface area contributed by atoms with Gasteiger partial charge >= 0.3 is 0 Å². The standard InChI is InChI=1S/C19H11F2N3OS2/c1-10-14(20)5-11(6-15(10)21)9-27-19-13(8-23)17(16-3-2-4-26-16)12(7-22)18(25)24-19/h2-6H,9H2,1H3,(H,24,25). The van der Waals surface area contributed by atoms with E-state index in [0.29, 0.717) is 10.4 Å². The highest BCUT2D eigenvalue weighted by molar-refractivity contribution is 7.98. The second kappa shape index (κ2) is 7.75. The molecule has 0 saturated carbocycles. The van der Waals surface area contributed by atoms with Crippen LogP contribution in [0.4, 0.5) is 8.78 Å². The summed E-state index contributed by atoms with van der Waals surface area (Å²) in [6.45, 7) is 1.35. The van der Waals surface area contributed by atoms with Crippen LogP contribution in [0.15, 0.2) is 39.5 Å². The van der Waals surface area contributed by atoms with Crippen LogP contribution in [0.3, 0.4) is 0 Å². The van der Waals surface area contributed by atoms with Crippen molar-refractivity contribution in [2.24, 2.45) is 0 Å². The Morgan fingerprint density at radius 3 is 2.41 bits per heavy atom. The first-order valence-electron chi connectivity index (χ1n) is 7.68. The van der Waals surface area contributed by atoms with Gasteiger partial charge in [-0.25, -0.2) is 8.78 Å². The maximum absolute atomic E-state index is 13.7. The van der Waals surface area contributed by atoms with E-state index in [1.807, 2.05) is 12.1 Å². The molecule has 0 aliphatic rings. The summed E-state index contributed by atoms with van der Waals surface area (Å²) in [4.78, 5) is 15.5. The van der Waals surface area contributed by atoms with Crippen molar-refractivity contribution in [1.29, 1.82) is 10.5 Å². The van der Waals surface area contributed by atoms with Crippen molar-refractivity contribution in [3.8, 4) is 22.6 Å². The van der Waals surface area contributed by atoms with Crippen molar-refractivity contribution >= 4 is 23.1 Å². The summed E-state index contributed by atoms with van der Waals surface area (Å²) in [7, 11) is 0. The van der Waals surface area contributed by atoms with Gasteiger partial charge in [-0.1, -0.05) is 6.07 Å². The molecule has 4 nitrogen and oxygen atoms in total. The lowest BCUT2D eigenvalue weighted by atomic mass is 10.0. The molecule has 0 aliphatic carbocycles. The predicted molar refractivity (Wildman–Crippen MR) is 100 cm³/mol. The van der Waals surface area contributed by atoms with E-state index in [9.17, 15) is 24.1 Å². The van der Waals surface area contributed by atoms with Crippen LogP contribution in [0.25, 0.3) is 10.4 Å². The van der Waals surface area contributed by atoms with Crippen LogP contribution in [-0.2, 0) is 5.75 Å². The Morgan fingerprint density at radius 2 is 1.85 bits per heavy atom. The summed E-state index contributed by atoms with van der Waals surface area (Å²) < 4.78 is 27.5. The third kappa shape index (κ3) is 3.63. The number of H-pyrrole nitrogens is 1. The second-order valence-corrected chi connectivity index (χ2v) is 7.52. The molecule has 2 aromatic heterocycles. The summed E-state index contributed by atoms with van der Waals surface area (Å²) in [6, 6.07) is 9.82. The Labute approximate surface area is 161 Å². The summed E-state index contributed by atoms with van der Waals surface area (Å²) in [5, 5.41) is 21.0.